The maximum atomic E-state index is 12.0. The zero-order valence-corrected chi connectivity index (χ0v) is 17.2. The lowest BCUT2D eigenvalue weighted by Crippen LogP contribution is -2.43. The molecule has 0 saturated heterocycles. The van der Waals surface area contributed by atoms with Gasteiger partial charge in [0.05, 0.1) is 7.11 Å². The second-order valence-electron chi connectivity index (χ2n) is 6.78. The number of esters is 1. The number of hydrogen-bond donors (Lipinski definition) is 1. The van der Waals surface area contributed by atoms with E-state index in [0.29, 0.717) is 13.0 Å². The van der Waals surface area contributed by atoms with Crippen molar-refractivity contribution in [2.75, 3.05) is 13.7 Å². The van der Waals surface area contributed by atoms with Crippen LogP contribution in [0.5, 0.6) is 0 Å². The van der Waals surface area contributed by atoms with Crippen LogP contribution in [0.15, 0.2) is 30.3 Å². The molecule has 0 saturated carbocycles. The zero-order chi connectivity index (χ0) is 19.4. The molecule has 0 spiro atoms. The van der Waals surface area contributed by atoms with Crippen molar-refractivity contribution in [1.82, 2.24) is 5.32 Å². The van der Waals surface area contributed by atoms with Gasteiger partial charge in [-0.15, -0.1) is 0 Å². The van der Waals surface area contributed by atoms with Crippen molar-refractivity contribution in [1.29, 1.82) is 0 Å². The lowest BCUT2D eigenvalue weighted by Gasteiger charge is -2.24. The summed E-state index contributed by atoms with van der Waals surface area (Å²) in [5.74, 6) is -0.502. The third kappa shape index (κ3) is 9.01. The molecule has 1 aromatic rings. The summed E-state index contributed by atoms with van der Waals surface area (Å²) in [4.78, 5) is 23.9. The molecule has 7 heteroatoms. The Labute approximate surface area is 157 Å². The van der Waals surface area contributed by atoms with Gasteiger partial charge >= 0.3 is 12.1 Å². The minimum Gasteiger partial charge on any atom is -0.467 e. The molecule has 6 nitrogen and oxygen atoms in total. The summed E-state index contributed by atoms with van der Waals surface area (Å²) in [5, 5.41) is 2.57. The summed E-state index contributed by atoms with van der Waals surface area (Å²) >= 11 is 0. The van der Waals surface area contributed by atoms with Gasteiger partial charge in [-0.2, -0.15) is 0 Å². The van der Waals surface area contributed by atoms with Crippen molar-refractivity contribution in [2.45, 2.75) is 58.0 Å². The van der Waals surface area contributed by atoms with Crippen LogP contribution in [0.2, 0.25) is 19.1 Å². The number of nitrogens with one attached hydrogen (secondary N) is 1. The van der Waals surface area contributed by atoms with Gasteiger partial charge in [0.2, 0.25) is 0 Å². The summed E-state index contributed by atoms with van der Waals surface area (Å²) in [6.45, 7) is 7.03. The minimum atomic E-state index is -1.73. The molecule has 0 aliphatic heterocycles. The quantitative estimate of drug-likeness (QED) is 0.465. The van der Waals surface area contributed by atoms with Crippen molar-refractivity contribution in [3.8, 4) is 0 Å². The average Bonchev–Trinajstić information content (AvgIpc) is 2.64. The fourth-order valence-electron chi connectivity index (χ4n) is 2.43. The lowest BCUT2D eigenvalue weighted by molar-refractivity contribution is -0.143. The van der Waals surface area contributed by atoms with Crippen molar-refractivity contribution >= 4 is 20.4 Å². The SMILES string of the molecule is CCCC[Si](C)(C)OCCC(NC(=O)OCc1ccccc1)C(=O)OC. The molecule has 0 fully saturated rings. The van der Waals surface area contributed by atoms with E-state index in [4.69, 9.17) is 13.9 Å². The van der Waals surface area contributed by atoms with Gasteiger partial charge in [-0.3, -0.25) is 0 Å². The van der Waals surface area contributed by atoms with E-state index in [2.05, 4.69) is 25.3 Å². The van der Waals surface area contributed by atoms with Crippen LogP contribution in [0.3, 0.4) is 0 Å². The Bertz CT molecular complexity index is 550. The van der Waals surface area contributed by atoms with Gasteiger partial charge < -0.3 is 19.2 Å². The van der Waals surface area contributed by atoms with Gasteiger partial charge in [0.1, 0.15) is 12.6 Å². The van der Waals surface area contributed by atoms with Gasteiger partial charge in [0.25, 0.3) is 0 Å². The Morgan fingerprint density at radius 2 is 1.88 bits per heavy atom. The maximum absolute atomic E-state index is 12.0. The Hall–Kier alpha value is -1.86. The molecule has 0 radical (unpaired) electrons. The normalized spacial score (nSPS) is 12.3. The Balaban J connectivity index is 2.45. The van der Waals surface area contributed by atoms with Crippen LogP contribution in [-0.4, -0.2) is 40.1 Å². The summed E-state index contributed by atoms with van der Waals surface area (Å²) in [5.41, 5.74) is 0.879. The molecule has 0 aromatic heterocycles. The number of amides is 1. The van der Waals surface area contributed by atoms with Gasteiger partial charge in [0, 0.05) is 13.0 Å². The van der Waals surface area contributed by atoms with Gasteiger partial charge in [0.15, 0.2) is 8.32 Å². The molecule has 1 atom stereocenters. The molecule has 1 N–H and O–H groups in total. The molecule has 0 aliphatic rings. The first-order chi connectivity index (χ1) is 12.4. The molecule has 0 bridgehead atoms. The van der Waals surface area contributed by atoms with E-state index in [0.717, 1.165) is 24.4 Å². The van der Waals surface area contributed by atoms with Crippen LogP contribution in [0, 0.1) is 0 Å². The molecule has 26 heavy (non-hydrogen) atoms. The molecular weight excluding hydrogens is 350 g/mol. The van der Waals surface area contributed by atoms with Crippen LogP contribution in [-0.2, 0) is 25.3 Å². The lowest BCUT2D eigenvalue weighted by atomic mass is 10.2. The molecule has 1 unspecified atom stereocenters. The first kappa shape index (κ1) is 22.2. The van der Waals surface area contributed by atoms with Crippen molar-refractivity contribution in [3.05, 3.63) is 35.9 Å². The Morgan fingerprint density at radius 3 is 2.50 bits per heavy atom. The number of hydrogen-bond acceptors (Lipinski definition) is 5. The third-order valence-corrected chi connectivity index (χ3v) is 6.57. The highest BCUT2D eigenvalue weighted by Crippen LogP contribution is 2.15. The topological polar surface area (TPSA) is 73.9 Å². The number of rotatable bonds is 11. The highest BCUT2D eigenvalue weighted by Gasteiger charge is 2.25. The number of carbonyl (C=O) groups excluding carboxylic acids is 2. The monoisotopic (exact) mass is 381 g/mol. The van der Waals surface area contributed by atoms with E-state index < -0.39 is 26.4 Å². The first-order valence-corrected chi connectivity index (χ1v) is 12.2. The van der Waals surface area contributed by atoms with Crippen molar-refractivity contribution in [3.63, 3.8) is 0 Å². The number of carbonyl (C=O) groups is 2. The zero-order valence-electron chi connectivity index (χ0n) is 16.2. The van der Waals surface area contributed by atoms with Crippen molar-refractivity contribution in [2.24, 2.45) is 0 Å². The van der Waals surface area contributed by atoms with E-state index in [9.17, 15) is 9.59 Å². The number of benzene rings is 1. The fourth-order valence-corrected chi connectivity index (χ4v) is 4.45. The second-order valence-corrected chi connectivity index (χ2v) is 11.1. The highest BCUT2D eigenvalue weighted by molar-refractivity contribution is 6.71. The first-order valence-electron chi connectivity index (χ1n) is 9.07. The summed E-state index contributed by atoms with van der Waals surface area (Å²) in [6.07, 6.45) is 1.99. The van der Waals surface area contributed by atoms with E-state index in [1.165, 1.54) is 7.11 Å². The van der Waals surface area contributed by atoms with Crippen LogP contribution in [0.4, 0.5) is 4.79 Å². The Morgan fingerprint density at radius 1 is 1.19 bits per heavy atom. The van der Waals surface area contributed by atoms with Crippen LogP contribution >= 0.6 is 0 Å². The molecule has 1 aromatic carbocycles. The predicted molar refractivity (Wildman–Crippen MR) is 103 cm³/mol. The summed E-state index contributed by atoms with van der Waals surface area (Å²) in [7, 11) is -0.433. The van der Waals surface area contributed by atoms with Gasteiger partial charge in [-0.05, 0) is 24.7 Å². The Kier molecular flexibility index (Phi) is 9.98. The van der Waals surface area contributed by atoms with E-state index in [-0.39, 0.29) is 6.61 Å². The molecule has 1 rings (SSSR count). The molecule has 146 valence electrons. The van der Waals surface area contributed by atoms with Crippen LogP contribution in [0.1, 0.15) is 31.7 Å². The predicted octanol–water partition coefficient (Wildman–Crippen LogP) is 3.87. The standard InChI is InChI=1S/C19H31NO5Si/c1-5-6-14-26(3,4)25-13-12-17(18(21)23-2)20-19(22)24-15-16-10-8-7-9-11-16/h7-11,17H,5-6,12-15H2,1-4H3,(H,20,22). The maximum Gasteiger partial charge on any atom is 0.408 e. The minimum absolute atomic E-state index is 0.147. The number of methoxy groups -OCH3 is 1. The van der Waals surface area contributed by atoms with Crippen LogP contribution in [0.25, 0.3) is 0 Å². The molecule has 0 aliphatic carbocycles. The van der Waals surface area contributed by atoms with Crippen LogP contribution < -0.4 is 5.32 Å². The largest absolute Gasteiger partial charge is 0.467 e. The number of alkyl carbamates (subject to hydrolysis) is 1. The second kappa shape index (κ2) is 11.7. The molecule has 1 amide bonds. The van der Waals surface area contributed by atoms with Gasteiger partial charge in [-0.1, -0.05) is 50.1 Å². The number of unbranched alkanes of at least 4 members (excludes halogenated alkanes) is 1. The summed E-state index contributed by atoms with van der Waals surface area (Å²) < 4.78 is 15.9. The highest BCUT2D eigenvalue weighted by atomic mass is 28.4. The third-order valence-electron chi connectivity index (χ3n) is 4.02. The van der Waals surface area contributed by atoms with E-state index >= 15 is 0 Å². The number of ether oxygens (including phenoxy) is 2. The van der Waals surface area contributed by atoms with Gasteiger partial charge in [-0.25, -0.2) is 9.59 Å². The van der Waals surface area contributed by atoms with E-state index in [1.54, 1.807) is 0 Å². The molecular formula is C19H31NO5Si. The van der Waals surface area contributed by atoms with E-state index in [1.807, 2.05) is 30.3 Å². The smallest absolute Gasteiger partial charge is 0.408 e. The fraction of sp³-hybridized carbons (Fsp3) is 0.579. The molecule has 0 heterocycles. The summed E-state index contributed by atoms with van der Waals surface area (Å²) in [6, 6.07) is 9.66. The van der Waals surface area contributed by atoms with Crippen molar-refractivity contribution < 1.29 is 23.5 Å². The average molecular weight is 382 g/mol.